The first-order chi connectivity index (χ1) is 24.2. The van der Waals surface area contributed by atoms with Crippen molar-refractivity contribution in [2.24, 2.45) is 0 Å². The molecule has 0 unspecified atom stereocenters. The molecule has 8 rings (SSSR count). The number of carbonyl (C=O) groups is 4. The lowest BCUT2D eigenvalue weighted by Gasteiger charge is -2.14. The number of benzene rings is 6. The van der Waals surface area contributed by atoms with Gasteiger partial charge in [-0.1, -0.05) is 54.1 Å². The Balaban J connectivity index is 0.937. The summed E-state index contributed by atoms with van der Waals surface area (Å²) in [7, 11) is 1.44. The van der Waals surface area contributed by atoms with Gasteiger partial charge in [0, 0.05) is 7.05 Å². The van der Waals surface area contributed by atoms with Crippen molar-refractivity contribution in [3.63, 3.8) is 0 Å². The molecule has 0 spiro atoms. The Hall–Kier alpha value is -6.80. The number of imide groups is 2. The lowest BCUT2D eigenvalue weighted by molar-refractivity contribution is 0.0692. The highest BCUT2D eigenvalue weighted by Crippen LogP contribution is 2.35. The summed E-state index contributed by atoms with van der Waals surface area (Å²) in [5.74, 6) is 1.14. The van der Waals surface area contributed by atoms with Crippen LogP contribution < -0.4 is 14.4 Å². The molecule has 242 valence electrons. The van der Waals surface area contributed by atoms with E-state index in [1.165, 1.54) is 12.6 Å². The SMILES string of the molecule is Cc1ccc(Oc2ccc(-c3ccc(Oc4ccc(N5C(=O)c6ccc(-c7ccc8c(c7)C(=O)N(C)C8=O)cc6C5=O)cc4)cc3)cc2)cc1. The normalized spacial score (nSPS) is 13.5. The molecule has 0 radical (unpaired) electrons. The molecule has 50 heavy (non-hydrogen) atoms. The van der Waals surface area contributed by atoms with Crippen molar-refractivity contribution >= 4 is 29.3 Å². The minimum absolute atomic E-state index is 0.265. The minimum atomic E-state index is -0.446. The maximum atomic E-state index is 13.5. The van der Waals surface area contributed by atoms with E-state index in [0.717, 1.165) is 32.4 Å². The monoisotopic (exact) mass is 656 g/mol. The summed E-state index contributed by atoms with van der Waals surface area (Å²) in [4.78, 5) is 53.9. The van der Waals surface area contributed by atoms with Crippen LogP contribution in [-0.2, 0) is 0 Å². The first kappa shape index (κ1) is 30.5. The second-order valence-electron chi connectivity index (χ2n) is 12.2. The van der Waals surface area contributed by atoms with Gasteiger partial charge < -0.3 is 9.47 Å². The zero-order chi connectivity index (χ0) is 34.5. The van der Waals surface area contributed by atoms with Crippen LogP contribution in [0.1, 0.15) is 47.0 Å². The van der Waals surface area contributed by atoms with E-state index in [1.54, 1.807) is 60.7 Å². The summed E-state index contributed by atoms with van der Waals surface area (Å²) in [6.45, 7) is 2.04. The summed E-state index contributed by atoms with van der Waals surface area (Å²) in [5, 5.41) is 0. The first-order valence-corrected chi connectivity index (χ1v) is 16.0. The van der Waals surface area contributed by atoms with Gasteiger partial charge in [0.1, 0.15) is 23.0 Å². The van der Waals surface area contributed by atoms with E-state index in [4.69, 9.17) is 9.47 Å². The smallest absolute Gasteiger partial charge is 0.266 e. The molecule has 0 saturated heterocycles. The van der Waals surface area contributed by atoms with E-state index in [9.17, 15) is 19.2 Å². The Morgan fingerprint density at radius 1 is 0.400 bits per heavy atom. The summed E-state index contributed by atoms with van der Waals surface area (Å²) in [6.07, 6.45) is 0. The van der Waals surface area contributed by atoms with Gasteiger partial charge in [-0.05, 0) is 114 Å². The standard InChI is InChI=1S/C42H28N2O6/c1-25-3-13-31(14-4-25)49-32-15-5-26(6-16-32)27-7-17-33(18-8-27)50-34-19-11-30(12-20-34)44-41(47)36-22-10-29(24-38(36)42(44)48)28-9-21-35-37(23-28)40(46)43(2)39(35)45/h3-24H,1-2H3. The van der Waals surface area contributed by atoms with E-state index >= 15 is 0 Å². The highest BCUT2D eigenvalue weighted by Gasteiger charge is 2.37. The average Bonchev–Trinajstić information content (AvgIpc) is 3.52. The Labute approximate surface area is 287 Å². The van der Waals surface area contributed by atoms with Crippen LogP contribution in [0.15, 0.2) is 133 Å². The number of anilines is 1. The van der Waals surface area contributed by atoms with Gasteiger partial charge >= 0.3 is 0 Å². The van der Waals surface area contributed by atoms with Crippen LogP contribution in [0.25, 0.3) is 22.3 Å². The third-order valence-electron chi connectivity index (χ3n) is 8.94. The number of carbonyl (C=O) groups excluding carboxylic acids is 4. The molecular formula is C42H28N2O6. The lowest BCUT2D eigenvalue weighted by Crippen LogP contribution is -2.29. The predicted molar refractivity (Wildman–Crippen MR) is 189 cm³/mol. The predicted octanol–water partition coefficient (Wildman–Crippen LogP) is 8.94. The van der Waals surface area contributed by atoms with Gasteiger partial charge in [0.25, 0.3) is 23.6 Å². The molecule has 8 nitrogen and oxygen atoms in total. The molecule has 2 aliphatic heterocycles. The van der Waals surface area contributed by atoms with Crippen LogP contribution in [0.3, 0.4) is 0 Å². The number of nitrogens with zero attached hydrogens (tertiary/aromatic N) is 2. The van der Waals surface area contributed by atoms with Gasteiger partial charge in [-0.2, -0.15) is 0 Å². The van der Waals surface area contributed by atoms with Crippen LogP contribution in [0.5, 0.6) is 23.0 Å². The molecule has 0 saturated carbocycles. The summed E-state index contributed by atoms with van der Waals surface area (Å²) in [5.41, 5.74) is 6.19. The molecule has 0 N–H and O–H groups in total. The van der Waals surface area contributed by atoms with Crippen LogP contribution in [0.2, 0.25) is 0 Å². The average molecular weight is 657 g/mol. The van der Waals surface area contributed by atoms with Crippen molar-refractivity contribution in [3.05, 3.63) is 161 Å². The summed E-state index contributed by atoms with van der Waals surface area (Å²) >= 11 is 0. The number of ether oxygens (including phenoxy) is 2. The molecule has 2 heterocycles. The van der Waals surface area contributed by atoms with Crippen molar-refractivity contribution in [2.45, 2.75) is 6.92 Å². The zero-order valence-electron chi connectivity index (χ0n) is 27.0. The molecule has 6 aromatic rings. The lowest BCUT2D eigenvalue weighted by atomic mass is 9.97. The third kappa shape index (κ3) is 5.38. The van der Waals surface area contributed by atoms with Crippen molar-refractivity contribution < 1.29 is 28.7 Å². The van der Waals surface area contributed by atoms with Crippen LogP contribution in [-0.4, -0.2) is 35.6 Å². The molecular weight excluding hydrogens is 628 g/mol. The van der Waals surface area contributed by atoms with Gasteiger partial charge in [0.2, 0.25) is 0 Å². The first-order valence-electron chi connectivity index (χ1n) is 16.0. The quantitative estimate of drug-likeness (QED) is 0.159. The molecule has 4 amide bonds. The molecule has 8 heteroatoms. The van der Waals surface area contributed by atoms with Crippen LogP contribution >= 0.6 is 0 Å². The highest BCUT2D eigenvalue weighted by molar-refractivity contribution is 6.34. The number of hydrogen-bond acceptors (Lipinski definition) is 6. The topological polar surface area (TPSA) is 93.2 Å². The highest BCUT2D eigenvalue weighted by atomic mass is 16.5. The number of amides is 4. The van der Waals surface area contributed by atoms with Crippen LogP contribution in [0.4, 0.5) is 5.69 Å². The Bertz CT molecular complexity index is 2350. The number of hydrogen-bond donors (Lipinski definition) is 0. The Morgan fingerprint density at radius 2 is 0.760 bits per heavy atom. The molecule has 0 aromatic heterocycles. The second kappa shape index (κ2) is 12.0. The molecule has 0 aliphatic carbocycles. The third-order valence-corrected chi connectivity index (χ3v) is 8.94. The van der Waals surface area contributed by atoms with E-state index in [-0.39, 0.29) is 17.4 Å². The van der Waals surface area contributed by atoms with E-state index in [2.05, 4.69) is 0 Å². The van der Waals surface area contributed by atoms with Gasteiger partial charge in [-0.25, -0.2) is 4.90 Å². The molecule has 2 aliphatic rings. The zero-order valence-corrected chi connectivity index (χ0v) is 27.0. The van der Waals surface area contributed by atoms with Crippen molar-refractivity contribution in [1.82, 2.24) is 4.90 Å². The van der Waals surface area contributed by atoms with Crippen molar-refractivity contribution in [1.29, 1.82) is 0 Å². The number of fused-ring (bicyclic) bond motifs is 2. The largest absolute Gasteiger partial charge is 0.457 e. The maximum Gasteiger partial charge on any atom is 0.266 e. The molecule has 0 atom stereocenters. The van der Waals surface area contributed by atoms with Crippen LogP contribution in [0, 0.1) is 6.92 Å². The molecule has 6 aromatic carbocycles. The molecule has 0 fully saturated rings. The number of aryl methyl sites for hydroxylation is 1. The number of rotatable bonds is 7. The van der Waals surface area contributed by atoms with Gasteiger partial charge in [-0.3, -0.25) is 24.1 Å². The van der Waals surface area contributed by atoms with E-state index < -0.39 is 11.8 Å². The summed E-state index contributed by atoms with van der Waals surface area (Å²) < 4.78 is 12.0. The minimum Gasteiger partial charge on any atom is -0.457 e. The fraction of sp³-hybridized carbons (Fsp3) is 0.0476. The Kier molecular flexibility index (Phi) is 7.34. The van der Waals surface area contributed by atoms with Gasteiger partial charge in [-0.15, -0.1) is 0 Å². The van der Waals surface area contributed by atoms with Crippen molar-refractivity contribution in [2.75, 3.05) is 11.9 Å². The second-order valence-corrected chi connectivity index (χ2v) is 12.2. The fourth-order valence-corrected chi connectivity index (χ4v) is 6.17. The fourth-order valence-electron chi connectivity index (χ4n) is 6.17. The van der Waals surface area contributed by atoms with Gasteiger partial charge in [0.05, 0.1) is 27.9 Å². The van der Waals surface area contributed by atoms with E-state index in [1.807, 2.05) is 79.7 Å². The molecule has 0 bridgehead atoms. The van der Waals surface area contributed by atoms with E-state index in [0.29, 0.717) is 45.0 Å². The Morgan fingerprint density at radius 3 is 1.26 bits per heavy atom. The van der Waals surface area contributed by atoms with Crippen molar-refractivity contribution in [3.8, 4) is 45.3 Å². The van der Waals surface area contributed by atoms with Gasteiger partial charge in [0.15, 0.2) is 0 Å². The maximum absolute atomic E-state index is 13.5. The summed E-state index contributed by atoms with van der Waals surface area (Å²) in [6, 6.07) is 40.3.